The van der Waals surface area contributed by atoms with Crippen molar-refractivity contribution in [1.29, 1.82) is 0 Å². The number of fused-ring (bicyclic) bond motifs is 3. The van der Waals surface area contributed by atoms with E-state index in [1.807, 2.05) is 0 Å². The molecular formula is C17H17Li. The summed E-state index contributed by atoms with van der Waals surface area (Å²) in [6.45, 7) is 2.25. The second-order valence-corrected chi connectivity index (χ2v) is 4.71. The second-order valence-electron chi connectivity index (χ2n) is 4.71. The summed E-state index contributed by atoms with van der Waals surface area (Å²) < 4.78 is 0. The van der Waals surface area contributed by atoms with E-state index in [0.29, 0.717) is 0 Å². The Hall–Kier alpha value is -1.09. The van der Waals surface area contributed by atoms with Crippen LogP contribution >= 0.6 is 0 Å². The molecule has 1 heteroatoms. The van der Waals surface area contributed by atoms with Crippen LogP contribution in [0.15, 0.2) is 48.5 Å². The van der Waals surface area contributed by atoms with Crippen LogP contribution < -0.4 is 18.9 Å². The van der Waals surface area contributed by atoms with Crippen LogP contribution in [0.1, 0.15) is 25.3 Å². The van der Waals surface area contributed by atoms with Gasteiger partial charge in [-0.1, -0.05) is 62.6 Å². The van der Waals surface area contributed by atoms with E-state index in [4.69, 9.17) is 0 Å². The Morgan fingerprint density at radius 1 is 0.944 bits per heavy atom. The van der Waals surface area contributed by atoms with Crippen molar-refractivity contribution in [2.24, 2.45) is 0 Å². The Morgan fingerprint density at radius 3 is 2.56 bits per heavy atom. The maximum atomic E-state index is 2.34. The maximum absolute atomic E-state index is 2.34. The molecule has 0 saturated heterocycles. The van der Waals surface area contributed by atoms with Crippen molar-refractivity contribution in [3.05, 3.63) is 54.1 Å². The van der Waals surface area contributed by atoms with E-state index in [2.05, 4.69) is 55.5 Å². The van der Waals surface area contributed by atoms with E-state index in [0.717, 1.165) is 0 Å². The third-order valence-corrected chi connectivity index (χ3v) is 3.55. The number of rotatable bonds is 3. The zero-order chi connectivity index (χ0) is 11.7. The Bertz CT molecular complexity index is 649. The summed E-state index contributed by atoms with van der Waals surface area (Å²) in [6.07, 6.45) is 3.74. The number of benzene rings is 2. The van der Waals surface area contributed by atoms with Gasteiger partial charge in [0.1, 0.15) is 0 Å². The Morgan fingerprint density at radius 2 is 1.72 bits per heavy atom. The van der Waals surface area contributed by atoms with Gasteiger partial charge in [-0.15, -0.1) is 39.2 Å². The van der Waals surface area contributed by atoms with Gasteiger partial charge in [0.15, 0.2) is 0 Å². The van der Waals surface area contributed by atoms with Crippen molar-refractivity contribution in [3.63, 3.8) is 0 Å². The van der Waals surface area contributed by atoms with Gasteiger partial charge in [-0.2, -0.15) is 0 Å². The minimum Gasteiger partial charge on any atom is -0.126 e. The van der Waals surface area contributed by atoms with Crippen LogP contribution in [0.4, 0.5) is 0 Å². The molecule has 0 amide bonds. The molecule has 0 aromatic heterocycles. The van der Waals surface area contributed by atoms with Crippen molar-refractivity contribution in [2.75, 3.05) is 0 Å². The predicted octanol–water partition coefficient (Wildman–Crippen LogP) is 2.06. The molecule has 3 aromatic carbocycles. The topological polar surface area (TPSA) is 0 Å². The van der Waals surface area contributed by atoms with Gasteiger partial charge in [0.05, 0.1) is 0 Å². The van der Waals surface area contributed by atoms with Crippen molar-refractivity contribution in [2.45, 2.75) is 26.2 Å². The predicted molar refractivity (Wildman–Crippen MR) is 75.7 cm³/mol. The molecule has 0 fully saturated rings. The van der Waals surface area contributed by atoms with E-state index < -0.39 is 0 Å². The zero-order valence-electron chi connectivity index (χ0n) is 11.2. The molecule has 3 aromatic rings. The SMILES string of the molecule is CCCCc1cccc2c1[cH-]c1ccccc12.[Li+]. The van der Waals surface area contributed by atoms with Gasteiger partial charge in [-0.05, 0) is 0 Å². The van der Waals surface area contributed by atoms with Gasteiger partial charge in [-0.3, -0.25) is 0 Å². The van der Waals surface area contributed by atoms with Gasteiger partial charge in [-0.25, -0.2) is 0 Å². The summed E-state index contributed by atoms with van der Waals surface area (Å²) in [6, 6.07) is 17.7. The molecule has 0 nitrogen and oxygen atoms in total. The monoisotopic (exact) mass is 228 g/mol. The van der Waals surface area contributed by atoms with E-state index in [1.165, 1.54) is 46.4 Å². The molecule has 18 heavy (non-hydrogen) atoms. The molecule has 0 aliphatic heterocycles. The molecule has 0 atom stereocenters. The molecule has 0 unspecified atom stereocenters. The molecule has 0 aliphatic carbocycles. The van der Waals surface area contributed by atoms with E-state index in [9.17, 15) is 0 Å². The number of aryl methyl sites for hydroxylation is 1. The minimum atomic E-state index is 0. The van der Waals surface area contributed by atoms with Crippen molar-refractivity contribution in [1.82, 2.24) is 0 Å². The number of hydrogen-bond acceptors (Lipinski definition) is 0. The van der Waals surface area contributed by atoms with Gasteiger partial charge < -0.3 is 0 Å². The van der Waals surface area contributed by atoms with Crippen LogP contribution in [0.3, 0.4) is 0 Å². The average molecular weight is 228 g/mol. The van der Waals surface area contributed by atoms with Crippen molar-refractivity contribution >= 4 is 21.5 Å². The summed E-state index contributed by atoms with van der Waals surface area (Å²) in [5.41, 5.74) is 1.50. The Kier molecular flexibility index (Phi) is 4.22. The van der Waals surface area contributed by atoms with E-state index >= 15 is 0 Å². The third kappa shape index (κ3) is 2.24. The molecule has 0 spiro atoms. The van der Waals surface area contributed by atoms with Gasteiger partial charge in [0.25, 0.3) is 0 Å². The summed E-state index contributed by atoms with van der Waals surface area (Å²) in [7, 11) is 0. The van der Waals surface area contributed by atoms with Crippen LogP contribution in [0, 0.1) is 0 Å². The average Bonchev–Trinajstić information content (AvgIpc) is 2.75. The summed E-state index contributed by atoms with van der Waals surface area (Å²) in [5, 5.41) is 5.61. The van der Waals surface area contributed by atoms with Crippen LogP contribution in [0.25, 0.3) is 21.5 Å². The van der Waals surface area contributed by atoms with Gasteiger partial charge >= 0.3 is 18.9 Å². The number of hydrogen-bond donors (Lipinski definition) is 0. The van der Waals surface area contributed by atoms with Crippen LogP contribution in [0.5, 0.6) is 0 Å². The van der Waals surface area contributed by atoms with Crippen LogP contribution in [0.2, 0.25) is 0 Å². The molecule has 0 N–H and O–H groups in total. The van der Waals surface area contributed by atoms with Crippen LogP contribution in [-0.2, 0) is 6.42 Å². The van der Waals surface area contributed by atoms with Gasteiger partial charge in [0.2, 0.25) is 0 Å². The summed E-state index contributed by atoms with van der Waals surface area (Å²) in [4.78, 5) is 0. The molecule has 0 heterocycles. The van der Waals surface area contributed by atoms with Gasteiger partial charge in [0, 0.05) is 0 Å². The fourth-order valence-corrected chi connectivity index (χ4v) is 2.63. The quantitative estimate of drug-likeness (QED) is 0.475. The zero-order valence-corrected chi connectivity index (χ0v) is 11.2. The normalized spacial score (nSPS) is 10.7. The first-order valence-corrected chi connectivity index (χ1v) is 6.46. The molecule has 3 rings (SSSR count). The Balaban J connectivity index is 0.00000120. The minimum absolute atomic E-state index is 0. The number of unbranched alkanes of at least 4 members (excludes halogenated alkanes) is 1. The standard InChI is InChI=1S/C17H17.Li/c1-2-3-7-13-9-6-11-16-15-10-5-4-8-14(15)12-17(13)16;/h4-6,8-12H,2-3,7H2,1H3;/q-1;+1. The summed E-state index contributed by atoms with van der Waals surface area (Å²) >= 11 is 0. The van der Waals surface area contributed by atoms with Crippen molar-refractivity contribution in [3.8, 4) is 0 Å². The fourth-order valence-electron chi connectivity index (χ4n) is 2.63. The maximum Gasteiger partial charge on any atom is 1.00 e. The largest absolute Gasteiger partial charge is 1.00 e. The van der Waals surface area contributed by atoms with E-state index in [1.54, 1.807) is 0 Å². The first-order chi connectivity index (χ1) is 8.40. The fraction of sp³-hybridized carbons (Fsp3) is 0.235. The van der Waals surface area contributed by atoms with Crippen molar-refractivity contribution < 1.29 is 18.9 Å². The molecule has 0 radical (unpaired) electrons. The molecule has 0 bridgehead atoms. The third-order valence-electron chi connectivity index (χ3n) is 3.55. The molecule has 86 valence electrons. The molecule has 0 saturated carbocycles. The van der Waals surface area contributed by atoms with E-state index in [-0.39, 0.29) is 18.9 Å². The second kappa shape index (κ2) is 5.70. The smallest absolute Gasteiger partial charge is 0.126 e. The first-order valence-electron chi connectivity index (χ1n) is 6.46. The first kappa shape index (κ1) is 13.3. The Labute approximate surface area is 121 Å². The van der Waals surface area contributed by atoms with Crippen LogP contribution in [-0.4, -0.2) is 0 Å². The summed E-state index contributed by atoms with van der Waals surface area (Å²) in [5.74, 6) is 0. The molecule has 0 aliphatic rings. The molecular weight excluding hydrogens is 211 g/mol.